The molecule has 0 saturated carbocycles. The number of nitrogens with zero attached hydrogens (tertiary/aromatic N) is 6. The highest BCUT2D eigenvalue weighted by Crippen LogP contribution is 2.42. The summed E-state index contributed by atoms with van der Waals surface area (Å²) in [5.41, 5.74) is 19.8. The van der Waals surface area contributed by atoms with Crippen molar-refractivity contribution in [1.82, 2.24) is 29.5 Å². The zero-order valence-corrected chi connectivity index (χ0v) is 40.0. The maximum atomic E-state index is 5.49. The second-order valence-corrected chi connectivity index (χ2v) is 18.4. The minimum Gasteiger partial charge on any atom is -0.309 e. The Hall–Kier alpha value is -9.13. The Morgan fingerprint density at radius 2 is 0.690 bits per heavy atom. The van der Waals surface area contributed by atoms with E-state index in [2.05, 4.69) is 166 Å². The minimum absolute atomic E-state index is 0.558. The maximum absolute atomic E-state index is 5.49. The summed E-state index contributed by atoms with van der Waals surface area (Å²) < 4.78 is 2.44. The van der Waals surface area contributed by atoms with Crippen LogP contribution in [0, 0.1) is 27.7 Å². The van der Waals surface area contributed by atoms with E-state index in [0.29, 0.717) is 23.3 Å². The number of rotatable bonds is 9. The number of hydrogen-bond donors (Lipinski definition) is 0. The standard InChI is InChI=1S/C65H48N6/c1-41-25-30-52(43(3)35-41)49-27-32-54-55-33-28-50(53-31-26-42(2)36-44(53)4)39-61(55)71(60(54)38-49)59-34-29-51(65-69-63(47-21-13-7-14-22-47)68-64(70-65)48-23-15-8-16-24-48)37-56(59)58-40-57(45-17-9-5-10-18-45)66-62(67-58)46-19-11-6-12-20-46/h5-40H,1-4H3. The number of aromatic nitrogens is 6. The molecule has 0 atom stereocenters. The lowest BCUT2D eigenvalue weighted by Crippen LogP contribution is -2.03. The summed E-state index contributed by atoms with van der Waals surface area (Å²) in [5.74, 6) is 2.38. The summed E-state index contributed by atoms with van der Waals surface area (Å²) in [7, 11) is 0. The molecule has 0 aliphatic heterocycles. The molecule has 0 N–H and O–H groups in total. The molecule has 0 amide bonds. The van der Waals surface area contributed by atoms with Crippen LogP contribution in [0.2, 0.25) is 0 Å². The minimum atomic E-state index is 0.558. The second kappa shape index (κ2) is 18.1. The van der Waals surface area contributed by atoms with Crippen molar-refractivity contribution in [3.63, 3.8) is 0 Å². The van der Waals surface area contributed by atoms with Gasteiger partial charge in [-0.05, 0) is 97.5 Å². The molecule has 3 heterocycles. The number of fused-ring (bicyclic) bond motifs is 3. The van der Waals surface area contributed by atoms with Crippen molar-refractivity contribution in [3.05, 3.63) is 241 Å². The second-order valence-electron chi connectivity index (χ2n) is 18.4. The maximum Gasteiger partial charge on any atom is 0.164 e. The summed E-state index contributed by atoms with van der Waals surface area (Å²) in [6, 6.07) is 76.8. The molecule has 0 unspecified atom stereocenters. The first-order valence-electron chi connectivity index (χ1n) is 24.1. The highest BCUT2D eigenvalue weighted by atomic mass is 15.0. The molecular weight excluding hydrogens is 865 g/mol. The fourth-order valence-corrected chi connectivity index (χ4v) is 9.96. The van der Waals surface area contributed by atoms with E-state index in [4.69, 9.17) is 24.9 Å². The number of benzene rings is 9. The molecule has 0 bridgehead atoms. The summed E-state index contributed by atoms with van der Waals surface area (Å²) in [6.07, 6.45) is 0. The molecule has 0 radical (unpaired) electrons. The quantitative estimate of drug-likeness (QED) is 0.144. The molecule has 0 aliphatic carbocycles. The highest BCUT2D eigenvalue weighted by molar-refractivity contribution is 6.12. The molecule has 0 aliphatic rings. The summed E-state index contributed by atoms with van der Waals surface area (Å²) in [5, 5.41) is 2.32. The molecule has 6 nitrogen and oxygen atoms in total. The van der Waals surface area contributed by atoms with Gasteiger partial charge in [0.1, 0.15) is 0 Å². The van der Waals surface area contributed by atoms with Gasteiger partial charge in [0, 0.05) is 44.2 Å². The van der Waals surface area contributed by atoms with Gasteiger partial charge in [-0.25, -0.2) is 24.9 Å². The molecule has 71 heavy (non-hydrogen) atoms. The van der Waals surface area contributed by atoms with Crippen molar-refractivity contribution in [2.24, 2.45) is 0 Å². The zero-order valence-electron chi connectivity index (χ0n) is 40.0. The Morgan fingerprint density at radius 3 is 1.15 bits per heavy atom. The third kappa shape index (κ3) is 8.25. The van der Waals surface area contributed by atoms with E-state index in [1.165, 1.54) is 33.4 Å². The molecule has 0 fully saturated rings. The predicted molar refractivity (Wildman–Crippen MR) is 292 cm³/mol. The predicted octanol–water partition coefficient (Wildman–Crippen LogP) is 16.3. The third-order valence-electron chi connectivity index (χ3n) is 13.5. The summed E-state index contributed by atoms with van der Waals surface area (Å²) in [4.78, 5) is 26.2. The van der Waals surface area contributed by atoms with Gasteiger partial charge in [-0.3, -0.25) is 0 Å². The molecule has 12 rings (SSSR count). The first-order chi connectivity index (χ1) is 34.8. The van der Waals surface area contributed by atoms with Crippen LogP contribution < -0.4 is 0 Å². The van der Waals surface area contributed by atoms with E-state index in [9.17, 15) is 0 Å². The van der Waals surface area contributed by atoms with Gasteiger partial charge in [0.25, 0.3) is 0 Å². The van der Waals surface area contributed by atoms with Crippen molar-refractivity contribution in [3.8, 4) is 96.0 Å². The number of hydrogen-bond acceptors (Lipinski definition) is 5. The summed E-state index contributed by atoms with van der Waals surface area (Å²) in [6.45, 7) is 8.70. The first kappa shape index (κ1) is 43.2. The van der Waals surface area contributed by atoms with Gasteiger partial charge in [-0.2, -0.15) is 0 Å². The van der Waals surface area contributed by atoms with Gasteiger partial charge in [0.05, 0.1) is 28.1 Å². The van der Waals surface area contributed by atoms with E-state index in [1.807, 2.05) is 84.9 Å². The molecule has 3 aromatic heterocycles. The van der Waals surface area contributed by atoms with Gasteiger partial charge in [0.15, 0.2) is 23.3 Å². The zero-order chi connectivity index (χ0) is 48.0. The van der Waals surface area contributed by atoms with E-state index < -0.39 is 0 Å². The van der Waals surface area contributed by atoms with Crippen LogP contribution in [0.1, 0.15) is 22.3 Å². The highest BCUT2D eigenvalue weighted by Gasteiger charge is 2.22. The van der Waals surface area contributed by atoms with Crippen molar-refractivity contribution < 1.29 is 0 Å². The van der Waals surface area contributed by atoms with Crippen molar-refractivity contribution in [1.29, 1.82) is 0 Å². The SMILES string of the molecule is Cc1ccc(-c2ccc3c4ccc(-c5ccc(C)cc5C)cc4n(-c4ccc(-c5nc(-c6ccccc6)nc(-c6ccccc6)n5)cc4-c4cc(-c5ccccc5)nc(-c5ccccc5)n4)c3c2)c(C)c1. The lowest BCUT2D eigenvalue weighted by Gasteiger charge is -2.18. The Kier molecular flexibility index (Phi) is 11.0. The van der Waals surface area contributed by atoms with E-state index in [1.54, 1.807) is 0 Å². The van der Waals surface area contributed by atoms with Crippen molar-refractivity contribution in [2.45, 2.75) is 27.7 Å². The molecule has 338 valence electrons. The van der Waals surface area contributed by atoms with E-state index in [-0.39, 0.29) is 0 Å². The molecule has 0 saturated heterocycles. The van der Waals surface area contributed by atoms with Gasteiger partial charge >= 0.3 is 0 Å². The Labute approximate surface area is 413 Å². The van der Waals surface area contributed by atoms with Crippen molar-refractivity contribution >= 4 is 21.8 Å². The Bertz CT molecular complexity index is 3730. The Morgan fingerprint density at radius 1 is 0.282 bits per heavy atom. The van der Waals surface area contributed by atoms with Crippen LogP contribution in [-0.4, -0.2) is 29.5 Å². The molecular formula is C65H48N6. The van der Waals surface area contributed by atoms with Gasteiger partial charge in [0.2, 0.25) is 0 Å². The normalized spacial score (nSPS) is 11.4. The van der Waals surface area contributed by atoms with Crippen LogP contribution in [0.15, 0.2) is 218 Å². The van der Waals surface area contributed by atoms with E-state index >= 15 is 0 Å². The fourth-order valence-electron chi connectivity index (χ4n) is 9.96. The fraction of sp³-hybridized carbons (Fsp3) is 0.0615. The van der Waals surface area contributed by atoms with Crippen LogP contribution >= 0.6 is 0 Å². The number of aryl methyl sites for hydroxylation is 4. The average molecular weight is 913 g/mol. The van der Waals surface area contributed by atoms with Crippen LogP contribution in [0.5, 0.6) is 0 Å². The van der Waals surface area contributed by atoms with Crippen LogP contribution in [0.25, 0.3) is 118 Å². The monoisotopic (exact) mass is 912 g/mol. The van der Waals surface area contributed by atoms with Gasteiger partial charge in [-0.1, -0.05) is 193 Å². The largest absolute Gasteiger partial charge is 0.309 e. The van der Waals surface area contributed by atoms with Gasteiger partial charge in [-0.15, -0.1) is 0 Å². The first-order valence-corrected chi connectivity index (χ1v) is 24.1. The summed E-state index contributed by atoms with van der Waals surface area (Å²) >= 11 is 0. The molecule has 9 aromatic carbocycles. The van der Waals surface area contributed by atoms with Crippen LogP contribution in [0.3, 0.4) is 0 Å². The molecule has 12 aromatic rings. The van der Waals surface area contributed by atoms with Crippen LogP contribution in [0.4, 0.5) is 0 Å². The van der Waals surface area contributed by atoms with E-state index in [0.717, 1.165) is 83.4 Å². The topological polar surface area (TPSA) is 69.4 Å². The third-order valence-corrected chi connectivity index (χ3v) is 13.5. The average Bonchev–Trinajstić information content (AvgIpc) is 3.74. The molecule has 0 spiro atoms. The molecule has 6 heteroatoms. The van der Waals surface area contributed by atoms with Crippen LogP contribution in [-0.2, 0) is 0 Å². The smallest absolute Gasteiger partial charge is 0.164 e. The van der Waals surface area contributed by atoms with Gasteiger partial charge < -0.3 is 4.57 Å². The lowest BCUT2D eigenvalue weighted by molar-refractivity contribution is 1.07. The van der Waals surface area contributed by atoms with Crippen molar-refractivity contribution in [2.75, 3.05) is 0 Å². The Balaban J connectivity index is 1.18. The lowest BCUT2D eigenvalue weighted by atomic mass is 9.96.